The summed E-state index contributed by atoms with van der Waals surface area (Å²) in [5.74, 6) is 0.899. The van der Waals surface area contributed by atoms with Gasteiger partial charge >= 0.3 is 0 Å². The molecule has 3 nitrogen and oxygen atoms in total. The Kier molecular flexibility index (Phi) is 5.05. The molecule has 2 atom stereocenters. The van der Waals surface area contributed by atoms with Crippen LogP contribution in [0.25, 0.3) is 0 Å². The first-order valence-electron chi connectivity index (χ1n) is 7.63. The molecule has 0 aromatic carbocycles. The Balaban J connectivity index is 1.84. The van der Waals surface area contributed by atoms with Crippen molar-refractivity contribution in [3.63, 3.8) is 0 Å². The first-order chi connectivity index (χ1) is 8.63. The van der Waals surface area contributed by atoms with Gasteiger partial charge in [-0.05, 0) is 25.8 Å². The summed E-state index contributed by atoms with van der Waals surface area (Å²) in [6.07, 6.45) is 8.28. The molecular formula is C15H29NO2. The minimum Gasteiger partial charge on any atom is -0.388 e. The molecule has 1 aliphatic heterocycles. The van der Waals surface area contributed by atoms with E-state index in [-0.39, 0.29) is 0 Å². The molecule has 2 aliphatic rings. The zero-order valence-electron chi connectivity index (χ0n) is 12.0. The van der Waals surface area contributed by atoms with Gasteiger partial charge in [-0.1, -0.05) is 26.2 Å². The van der Waals surface area contributed by atoms with Crippen molar-refractivity contribution in [3.05, 3.63) is 0 Å². The Labute approximate surface area is 112 Å². The maximum atomic E-state index is 10.6. The lowest BCUT2D eigenvalue weighted by molar-refractivity contribution is -0.0837. The van der Waals surface area contributed by atoms with Gasteiger partial charge in [0.15, 0.2) is 0 Å². The molecule has 18 heavy (non-hydrogen) atoms. The molecule has 0 aromatic heterocycles. The zero-order valence-corrected chi connectivity index (χ0v) is 12.0. The van der Waals surface area contributed by atoms with Crippen LogP contribution in [0.5, 0.6) is 0 Å². The minimum atomic E-state index is -0.508. The van der Waals surface area contributed by atoms with Crippen LogP contribution in [0.2, 0.25) is 0 Å². The van der Waals surface area contributed by atoms with Gasteiger partial charge in [-0.3, -0.25) is 0 Å². The van der Waals surface area contributed by atoms with Crippen LogP contribution in [-0.4, -0.2) is 48.5 Å². The molecule has 1 saturated heterocycles. The quantitative estimate of drug-likeness (QED) is 0.837. The number of rotatable bonds is 4. The summed E-state index contributed by atoms with van der Waals surface area (Å²) in [5, 5.41) is 10.6. The van der Waals surface area contributed by atoms with Crippen LogP contribution in [0, 0.1) is 5.92 Å². The van der Waals surface area contributed by atoms with E-state index in [1.165, 1.54) is 32.1 Å². The standard InChI is InChI=1S/C15H29NO2/c1-3-13-5-4-6-14(11-13)16(2)12-15(17)7-9-18-10-8-15/h13-14,17H,3-12H2,1-2H3. The fourth-order valence-corrected chi connectivity index (χ4v) is 3.54. The van der Waals surface area contributed by atoms with E-state index in [4.69, 9.17) is 4.74 Å². The van der Waals surface area contributed by atoms with Crippen LogP contribution in [-0.2, 0) is 4.74 Å². The van der Waals surface area contributed by atoms with E-state index in [2.05, 4.69) is 18.9 Å². The van der Waals surface area contributed by atoms with Crippen LogP contribution >= 0.6 is 0 Å². The van der Waals surface area contributed by atoms with Gasteiger partial charge < -0.3 is 14.7 Å². The van der Waals surface area contributed by atoms with Crippen molar-refractivity contribution in [1.82, 2.24) is 4.90 Å². The van der Waals surface area contributed by atoms with Gasteiger partial charge in [0, 0.05) is 38.6 Å². The van der Waals surface area contributed by atoms with E-state index >= 15 is 0 Å². The number of aliphatic hydroxyl groups is 1. The van der Waals surface area contributed by atoms with Crippen molar-refractivity contribution < 1.29 is 9.84 Å². The highest BCUT2D eigenvalue weighted by Gasteiger charge is 2.33. The molecule has 1 aliphatic carbocycles. The van der Waals surface area contributed by atoms with Gasteiger partial charge in [0.2, 0.25) is 0 Å². The molecule has 0 radical (unpaired) electrons. The van der Waals surface area contributed by atoms with Crippen molar-refractivity contribution in [2.45, 2.75) is 63.5 Å². The summed E-state index contributed by atoms with van der Waals surface area (Å²) in [6, 6.07) is 0.676. The van der Waals surface area contributed by atoms with Crippen molar-refractivity contribution in [2.24, 2.45) is 5.92 Å². The third-order valence-electron chi connectivity index (χ3n) is 4.92. The van der Waals surface area contributed by atoms with E-state index in [0.29, 0.717) is 19.3 Å². The van der Waals surface area contributed by atoms with Crippen LogP contribution < -0.4 is 0 Å². The molecule has 2 unspecified atom stereocenters. The molecule has 0 bridgehead atoms. The van der Waals surface area contributed by atoms with Crippen molar-refractivity contribution >= 4 is 0 Å². The van der Waals surface area contributed by atoms with E-state index in [1.54, 1.807) is 0 Å². The molecule has 1 heterocycles. The Hall–Kier alpha value is -0.120. The highest BCUT2D eigenvalue weighted by atomic mass is 16.5. The molecule has 0 amide bonds. The monoisotopic (exact) mass is 255 g/mol. The Bertz CT molecular complexity index is 251. The molecular weight excluding hydrogens is 226 g/mol. The fourth-order valence-electron chi connectivity index (χ4n) is 3.54. The lowest BCUT2D eigenvalue weighted by Crippen LogP contribution is -2.49. The van der Waals surface area contributed by atoms with Gasteiger partial charge in [0.25, 0.3) is 0 Å². The van der Waals surface area contributed by atoms with E-state index < -0.39 is 5.60 Å². The summed E-state index contributed by atoms with van der Waals surface area (Å²) in [6.45, 7) is 4.55. The number of ether oxygens (including phenoxy) is 1. The highest BCUT2D eigenvalue weighted by Crippen LogP contribution is 2.31. The highest BCUT2D eigenvalue weighted by molar-refractivity contribution is 4.87. The number of hydrogen-bond acceptors (Lipinski definition) is 3. The molecule has 0 aromatic rings. The minimum absolute atomic E-state index is 0.508. The summed E-state index contributed by atoms with van der Waals surface area (Å²) in [7, 11) is 2.19. The maximum absolute atomic E-state index is 10.6. The molecule has 2 fully saturated rings. The topological polar surface area (TPSA) is 32.7 Å². The van der Waals surface area contributed by atoms with Gasteiger partial charge in [0.1, 0.15) is 0 Å². The molecule has 106 valence electrons. The van der Waals surface area contributed by atoms with Crippen molar-refractivity contribution in [3.8, 4) is 0 Å². The largest absolute Gasteiger partial charge is 0.388 e. The average Bonchev–Trinajstić information content (AvgIpc) is 2.39. The second-order valence-electron chi connectivity index (χ2n) is 6.35. The SMILES string of the molecule is CCC1CCCC(N(C)CC2(O)CCOCC2)C1. The van der Waals surface area contributed by atoms with Gasteiger partial charge in [-0.15, -0.1) is 0 Å². The zero-order chi connectivity index (χ0) is 13.0. The normalized spacial score (nSPS) is 32.7. The molecule has 0 spiro atoms. The fraction of sp³-hybridized carbons (Fsp3) is 1.00. The Morgan fingerprint density at radius 2 is 2.00 bits per heavy atom. The van der Waals surface area contributed by atoms with E-state index in [9.17, 15) is 5.11 Å². The summed E-state index contributed by atoms with van der Waals surface area (Å²) < 4.78 is 5.35. The summed E-state index contributed by atoms with van der Waals surface area (Å²) >= 11 is 0. The van der Waals surface area contributed by atoms with Crippen LogP contribution in [0.1, 0.15) is 51.9 Å². The van der Waals surface area contributed by atoms with Crippen LogP contribution in [0.3, 0.4) is 0 Å². The van der Waals surface area contributed by atoms with Crippen molar-refractivity contribution in [2.75, 3.05) is 26.8 Å². The first kappa shape index (κ1) is 14.3. The predicted molar refractivity (Wildman–Crippen MR) is 73.7 cm³/mol. The van der Waals surface area contributed by atoms with Gasteiger partial charge in [0.05, 0.1) is 5.60 Å². The third kappa shape index (κ3) is 3.69. The maximum Gasteiger partial charge on any atom is 0.0817 e. The molecule has 1 N–H and O–H groups in total. The second-order valence-corrected chi connectivity index (χ2v) is 6.35. The van der Waals surface area contributed by atoms with Crippen LogP contribution in [0.15, 0.2) is 0 Å². The van der Waals surface area contributed by atoms with E-state index in [1.807, 2.05) is 0 Å². The van der Waals surface area contributed by atoms with Crippen LogP contribution in [0.4, 0.5) is 0 Å². The smallest absolute Gasteiger partial charge is 0.0817 e. The number of nitrogens with zero attached hydrogens (tertiary/aromatic N) is 1. The lowest BCUT2D eigenvalue weighted by atomic mass is 9.83. The average molecular weight is 255 g/mol. The van der Waals surface area contributed by atoms with Gasteiger partial charge in [-0.2, -0.15) is 0 Å². The molecule has 1 saturated carbocycles. The Morgan fingerprint density at radius 1 is 1.28 bits per heavy atom. The predicted octanol–water partition coefficient (Wildman–Crippen LogP) is 2.43. The number of likely N-dealkylation sites (N-methyl/N-ethyl adjacent to an activating group) is 1. The first-order valence-corrected chi connectivity index (χ1v) is 7.63. The summed E-state index contributed by atoms with van der Waals surface area (Å²) in [5.41, 5.74) is -0.508. The van der Waals surface area contributed by atoms with Crippen molar-refractivity contribution in [1.29, 1.82) is 0 Å². The van der Waals surface area contributed by atoms with E-state index in [0.717, 1.165) is 25.3 Å². The third-order valence-corrected chi connectivity index (χ3v) is 4.92. The summed E-state index contributed by atoms with van der Waals surface area (Å²) in [4.78, 5) is 2.41. The Morgan fingerprint density at radius 3 is 2.67 bits per heavy atom. The lowest BCUT2D eigenvalue weighted by Gasteiger charge is -2.41. The second kappa shape index (κ2) is 6.36. The molecule has 2 rings (SSSR count). The van der Waals surface area contributed by atoms with Gasteiger partial charge in [-0.25, -0.2) is 0 Å². The number of hydrogen-bond donors (Lipinski definition) is 1. The molecule has 3 heteroatoms.